The van der Waals surface area contributed by atoms with Crippen LogP contribution in [-0.4, -0.2) is 54.4 Å². The van der Waals surface area contributed by atoms with Crippen molar-refractivity contribution in [2.24, 2.45) is 5.92 Å². The van der Waals surface area contributed by atoms with E-state index in [0.717, 1.165) is 58.2 Å². The van der Waals surface area contributed by atoms with Gasteiger partial charge in [0.05, 0.1) is 6.10 Å². The highest BCUT2D eigenvalue weighted by atomic mass is 16.3. The van der Waals surface area contributed by atoms with Crippen LogP contribution in [0.1, 0.15) is 37.7 Å². The van der Waals surface area contributed by atoms with Crippen LogP contribution in [0.25, 0.3) is 0 Å². The van der Waals surface area contributed by atoms with Crippen LogP contribution in [0.15, 0.2) is 30.3 Å². The number of carbonyl (C=O) groups excluding carboxylic acids is 1. The van der Waals surface area contributed by atoms with Crippen molar-refractivity contribution in [2.75, 3.05) is 26.2 Å². The van der Waals surface area contributed by atoms with Crippen molar-refractivity contribution in [3.8, 4) is 0 Å². The number of amides is 2. The molecule has 0 bridgehead atoms. The molecule has 3 N–H and O–H groups in total. The van der Waals surface area contributed by atoms with Crippen molar-refractivity contribution in [3.63, 3.8) is 0 Å². The van der Waals surface area contributed by atoms with Gasteiger partial charge >= 0.3 is 6.03 Å². The standard InChI is InChI=1S/C20H31N3O2/c24-19-8-4-7-17(19)15-21-20(25)22-18-10-13-23(14-11-18)12-9-16-5-2-1-3-6-16/h1-3,5-6,17-19,24H,4,7-15H2,(H2,21,22,25). The van der Waals surface area contributed by atoms with Gasteiger partial charge in [0.25, 0.3) is 0 Å². The normalized spacial score (nSPS) is 25.0. The number of aliphatic hydroxyl groups excluding tert-OH is 1. The molecule has 5 nitrogen and oxygen atoms in total. The number of piperidine rings is 1. The second-order valence-corrected chi connectivity index (χ2v) is 7.46. The van der Waals surface area contributed by atoms with Crippen LogP contribution in [0.5, 0.6) is 0 Å². The summed E-state index contributed by atoms with van der Waals surface area (Å²) in [6, 6.07) is 10.8. The van der Waals surface area contributed by atoms with Crippen molar-refractivity contribution >= 4 is 6.03 Å². The van der Waals surface area contributed by atoms with Crippen LogP contribution in [0, 0.1) is 5.92 Å². The molecule has 0 aromatic heterocycles. The van der Waals surface area contributed by atoms with Crippen LogP contribution in [-0.2, 0) is 6.42 Å². The second-order valence-electron chi connectivity index (χ2n) is 7.46. The molecule has 2 fully saturated rings. The molecule has 2 amide bonds. The van der Waals surface area contributed by atoms with Gasteiger partial charge in [-0.1, -0.05) is 36.8 Å². The first-order valence-corrected chi connectivity index (χ1v) is 9.69. The van der Waals surface area contributed by atoms with Gasteiger partial charge in [-0.3, -0.25) is 0 Å². The molecule has 2 aliphatic rings. The fraction of sp³-hybridized carbons (Fsp3) is 0.650. The highest BCUT2D eigenvalue weighted by Gasteiger charge is 2.26. The van der Waals surface area contributed by atoms with E-state index in [1.165, 1.54) is 5.56 Å². The van der Waals surface area contributed by atoms with Crippen LogP contribution >= 0.6 is 0 Å². The Labute approximate surface area is 150 Å². The summed E-state index contributed by atoms with van der Waals surface area (Å²) >= 11 is 0. The third-order valence-corrected chi connectivity index (χ3v) is 5.63. The van der Waals surface area contributed by atoms with E-state index < -0.39 is 0 Å². The highest BCUT2D eigenvalue weighted by molar-refractivity contribution is 5.74. The molecule has 1 saturated carbocycles. The zero-order valence-electron chi connectivity index (χ0n) is 15.0. The fourth-order valence-electron chi connectivity index (χ4n) is 3.95. The molecule has 1 aliphatic carbocycles. The summed E-state index contributed by atoms with van der Waals surface area (Å²) in [4.78, 5) is 14.5. The lowest BCUT2D eigenvalue weighted by atomic mass is 10.0. The molecule has 0 radical (unpaired) electrons. The smallest absolute Gasteiger partial charge is 0.315 e. The molecule has 1 heterocycles. The quantitative estimate of drug-likeness (QED) is 0.740. The topological polar surface area (TPSA) is 64.6 Å². The summed E-state index contributed by atoms with van der Waals surface area (Å²) in [7, 11) is 0. The molecule has 25 heavy (non-hydrogen) atoms. The van der Waals surface area contributed by atoms with Crippen molar-refractivity contribution < 1.29 is 9.90 Å². The average molecular weight is 345 g/mol. The number of nitrogens with one attached hydrogen (secondary N) is 2. The maximum absolute atomic E-state index is 12.0. The lowest BCUT2D eigenvalue weighted by Gasteiger charge is -2.32. The van der Waals surface area contributed by atoms with Crippen molar-refractivity contribution in [3.05, 3.63) is 35.9 Å². The molecular weight excluding hydrogens is 314 g/mol. The number of rotatable bonds is 6. The number of urea groups is 1. The molecule has 5 heteroatoms. The summed E-state index contributed by atoms with van der Waals surface area (Å²) in [5, 5.41) is 15.8. The predicted molar refractivity (Wildman–Crippen MR) is 99.5 cm³/mol. The molecule has 2 atom stereocenters. The molecule has 1 aromatic rings. The van der Waals surface area contributed by atoms with E-state index in [1.54, 1.807) is 0 Å². The number of hydrogen-bond donors (Lipinski definition) is 3. The second kappa shape index (κ2) is 9.20. The molecule has 1 aliphatic heterocycles. The summed E-state index contributed by atoms with van der Waals surface area (Å²) in [6.07, 6.45) is 5.81. The van der Waals surface area contributed by atoms with Gasteiger partial charge in [-0.25, -0.2) is 4.79 Å². The Kier molecular flexibility index (Phi) is 6.70. The van der Waals surface area contributed by atoms with Crippen LogP contribution in [0.2, 0.25) is 0 Å². The van der Waals surface area contributed by atoms with E-state index >= 15 is 0 Å². The summed E-state index contributed by atoms with van der Waals surface area (Å²) in [5.41, 5.74) is 1.39. The minimum absolute atomic E-state index is 0.0816. The number of carbonyl (C=O) groups is 1. The third kappa shape index (κ3) is 5.72. The first-order valence-electron chi connectivity index (χ1n) is 9.69. The van der Waals surface area contributed by atoms with Crippen molar-refractivity contribution in [2.45, 2.75) is 50.7 Å². The van der Waals surface area contributed by atoms with E-state index in [9.17, 15) is 9.90 Å². The predicted octanol–water partition coefficient (Wildman–Crippen LogP) is 2.15. The SMILES string of the molecule is O=C(NCC1CCCC1O)NC1CCN(CCc2ccccc2)CC1. The summed E-state index contributed by atoms with van der Waals surface area (Å²) < 4.78 is 0. The first kappa shape index (κ1) is 18.2. The van der Waals surface area contributed by atoms with Crippen LogP contribution in [0.3, 0.4) is 0 Å². The highest BCUT2D eigenvalue weighted by Crippen LogP contribution is 2.24. The monoisotopic (exact) mass is 345 g/mol. The number of hydrogen-bond acceptors (Lipinski definition) is 3. The molecule has 1 saturated heterocycles. The van der Waals surface area contributed by atoms with E-state index in [1.807, 2.05) is 0 Å². The van der Waals surface area contributed by atoms with E-state index in [2.05, 4.69) is 45.9 Å². The molecular formula is C20H31N3O2. The lowest BCUT2D eigenvalue weighted by molar-refractivity contribution is 0.132. The number of nitrogens with zero attached hydrogens (tertiary/aromatic N) is 1. The Morgan fingerprint density at radius 1 is 1.12 bits per heavy atom. The summed E-state index contributed by atoms with van der Waals surface area (Å²) in [5.74, 6) is 0.227. The van der Waals surface area contributed by atoms with Gasteiger partial charge in [0.15, 0.2) is 0 Å². The Hall–Kier alpha value is -1.59. The Morgan fingerprint density at radius 2 is 1.88 bits per heavy atom. The van der Waals surface area contributed by atoms with Crippen molar-refractivity contribution in [1.29, 1.82) is 0 Å². The van der Waals surface area contributed by atoms with E-state index in [-0.39, 0.29) is 24.1 Å². The molecule has 0 spiro atoms. The minimum Gasteiger partial charge on any atom is -0.393 e. The molecule has 1 aromatic carbocycles. The fourth-order valence-corrected chi connectivity index (χ4v) is 3.95. The third-order valence-electron chi connectivity index (χ3n) is 5.63. The Morgan fingerprint density at radius 3 is 2.56 bits per heavy atom. The van der Waals surface area contributed by atoms with Gasteiger partial charge in [0, 0.05) is 38.1 Å². The first-order chi connectivity index (χ1) is 12.2. The minimum atomic E-state index is -0.242. The van der Waals surface area contributed by atoms with Crippen LogP contribution in [0.4, 0.5) is 4.79 Å². The molecule has 3 rings (SSSR count). The maximum Gasteiger partial charge on any atom is 0.315 e. The summed E-state index contributed by atoms with van der Waals surface area (Å²) in [6.45, 7) is 3.75. The van der Waals surface area contributed by atoms with Gasteiger partial charge in [0.2, 0.25) is 0 Å². The molecule has 2 unspecified atom stereocenters. The Bertz CT molecular complexity index is 529. The Balaban J connectivity index is 1.30. The molecule has 138 valence electrons. The largest absolute Gasteiger partial charge is 0.393 e. The maximum atomic E-state index is 12.0. The average Bonchev–Trinajstić information content (AvgIpc) is 3.05. The van der Waals surface area contributed by atoms with E-state index in [0.29, 0.717) is 6.54 Å². The van der Waals surface area contributed by atoms with Crippen LogP contribution < -0.4 is 10.6 Å². The van der Waals surface area contributed by atoms with Gasteiger partial charge < -0.3 is 20.6 Å². The number of aliphatic hydroxyl groups is 1. The van der Waals surface area contributed by atoms with Gasteiger partial charge in [0.1, 0.15) is 0 Å². The van der Waals surface area contributed by atoms with Gasteiger partial charge in [-0.05, 0) is 37.7 Å². The lowest BCUT2D eigenvalue weighted by Crippen LogP contribution is -2.49. The number of benzene rings is 1. The van der Waals surface area contributed by atoms with Crippen molar-refractivity contribution in [1.82, 2.24) is 15.5 Å². The van der Waals surface area contributed by atoms with Gasteiger partial charge in [-0.2, -0.15) is 0 Å². The number of likely N-dealkylation sites (tertiary alicyclic amines) is 1. The van der Waals surface area contributed by atoms with E-state index in [4.69, 9.17) is 0 Å². The zero-order chi connectivity index (χ0) is 17.5. The van der Waals surface area contributed by atoms with Gasteiger partial charge in [-0.15, -0.1) is 0 Å². The zero-order valence-corrected chi connectivity index (χ0v) is 15.0.